The molecule has 0 unspecified atom stereocenters. The smallest absolute Gasteiger partial charge is 0.252 e. The van der Waals surface area contributed by atoms with Crippen LogP contribution in [-0.4, -0.2) is 21.0 Å². The van der Waals surface area contributed by atoms with Gasteiger partial charge >= 0.3 is 0 Å². The van der Waals surface area contributed by atoms with E-state index >= 15 is 0 Å². The summed E-state index contributed by atoms with van der Waals surface area (Å²) in [4.78, 5) is 12.7. The SMILES string of the molecule is Cc1cccc(C(=O)N[C@@H](NC(=S)Nc2ccc(N=Nc3ccccc3C)cc2C)C(Cl)(Cl)Cl)c1. The zero-order chi connectivity index (χ0) is 25.6. The van der Waals surface area contributed by atoms with Crippen LogP contribution < -0.4 is 16.0 Å². The van der Waals surface area contributed by atoms with Crippen molar-refractivity contribution in [3.63, 3.8) is 0 Å². The molecule has 1 atom stereocenters. The Morgan fingerprint density at radius 2 is 1.63 bits per heavy atom. The monoisotopic (exact) mass is 547 g/mol. The number of carbonyl (C=O) groups excluding carboxylic acids is 1. The molecule has 182 valence electrons. The number of amides is 1. The normalized spacial score (nSPS) is 12.3. The highest BCUT2D eigenvalue weighted by Crippen LogP contribution is 2.30. The zero-order valence-electron chi connectivity index (χ0n) is 19.3. The lowest BCUT2D eigenvalue weighted by Gasteiger charge is -2.28. The molecule has 0 aliphatic carbocycles. The molecule has 6 nitrogen and oxygen atoms in total. The number of nitrogens with one attached hydrogen (secondary N) is 3. The van der Waals surface area contributed by atoms with Crippen molar-refractivity contribution in [2.45, 2.75) is 30.7 Å². The van der Waals surface area contributed by atoms with Crippen LogP contribution in [0.4, 0.5) is 17.1 Å². The third-order valence-electron chi connectivity index (χ3n) is 5.01. The lowest BCUT2D eigenvalue weighted by molar-refractivity contribution is 0.0934. The van der Waals surface area contributed by atoms with Gasteiger partial charge in [-0.15, -0.1) is 0 Å². The van der Waals surface area contributed by atoms with E-state index in [-0.39, 0.29) is 5.11 Å². The summed E-state index contributed by atoms with van der Waals surface area (Å²) in [7, 11) is 0. The Kier molecular flexibility index (Phi) is 9.08. The number of azo groups is 1. The number of halogens is 3. The summed E-state index contributed by atoms with van der Waals surface area (Å²) in [5.74, 6) is -0.403. The van der Waals surface area contributed by atoms with Crippen LogP contribution in [0.5, 0.6) is 0 Å². The standard InChI is InChI=1S/C25H24Cl3N5OS/c1-15-7-6-9-18(13-15)22(34)30-23(25(26,27)28)31-24(35)29-20-12-11-19(14-17(20)3)32-33-21-10-5-4-8-16(21)2/h4-14,23H,1-3H3,(H,30,34)(H2,29,31,35)/t23-/m0/s1. The number of benzene rings is 3. The Labute approximate surface area is 225 Å². The zero-order valence-corrected chi connectivity index (χ0v) is 22.4. The fourth-order valence-corrected chi connectivity index (χ4v) is 3.68. The topological polar surface area (TPSA) is 77.9 Å². The number of nitrogens with zero attached hydrogens (tertiary/aromatic N) is 2. The minimum atomic E-state index is -1.86. The van der Waals surface area contributed by atoms with E-state index in [2.05, 4.69) is 26.2 Å². The highest BCUT2D eigenvalue weighted by molar-refractivity contribution is 7.80. The molecule has 3 N–H and O–H groups in total. The summed E-state index contributed by atoms with van der Waals surface area (Å²) in [6.45, 7) is 5.77. The molecule has 0 aliphatic rings. The van der Waals surface area contributed by atoms with Gasteiger partial charge in [0.1, 0.15) is 6.17 Å². The Bertz CT molecular complexity index is 1260. The van der Waals surface area contributed by atoms with Gasteiger partial charge in [-0.05, 0) is 80.5 Å². The van der Waals surface area contributed by atoms with Crippen LogP contribution in [-0.2, 0) is 0 Å². The number of rotatable bonds is 6. The van der Waals surface area contributed by atoms with Gasteiger partial charge in [0.05, 0.1) is 11.4 Å². The molecule has 10 heteroatoms. The molecular formula is C25H24Cl3N5OS. The lowest BCUT2D eigenvalue weighted by Crippen LogP contribution is -2.56. The number of anilines is 1. The maximum atomic E-state index is 12.7. The van der Waals surface area contributed by atoms with E-state index in [1.807, 2.05) is 69.3 Å². The first-order valence-corrected chi connectivity index (χ1v) is 12.2. The van der Waals surface area contributed by atoms with Crippen molar-refractivity contribution in [2.75, 3.05) is 5.32 Å². The molecule has 0 fully saturated rings. The van der Waals surface area contributed by atoms with Gasteiger partial charge in [0, 0.05) is 11.3 Å². The fourth-order valence-electron chi connectivity index (χ4n) is 3.13. The molecule has 0 saturated heterocycles. The van der Waals surface area contributed by atoms with Crippen molar-refractivity contribution < 1.29 is 4.79 Å². The van der Waals surface area contributed by atoms with Gasteiger partial charge < -0.3 is 16.0 Å². The summed E-state index contributed by atoms with van der Waals surface area (Å²) >= 11 is 23.7. The van der Waals surface area contributed by atoms with Gasteiger partial charge in [0.25, 0.3) is 5.91 Å². The van der Waals surface area contributed by atoms with Crippen LogP contribution in [0.1, 0.15) is 27.0 Å². The van der Waals surface area contributed by atoms with Gasteiger partial charge in [0.15, 0.2) is 5.11 Å². The Balaban J connectivity index is 1.67. The van der Waals surface area contributed by atoms with Crippen molar-refractivity contribution in [3.05, 3.63) is 89.0 Å². The first-order chi connectivity index (χ1) is 16.5. The van der Waals surface area contributed by atoms with Crippen LogP contribution in [0.3, 0.4) is 0 Å². The fraction of sp³-hybridized carbons (Fsp3) is 0.200. The van der Waals surface area contributed by atoms with Crippen molar-refractivity contribution in [1.82, 2.24) is 10.6 Å². The Hall–Kier alpha value is -2.71. The highest BCUT2D eigenvalue weighted by Gasteiger charge is 2.35. The van der Waals surface area contributed by atoms with Gasteiger partial charge in [0.2, 0.25) is 3.79 Å². The molecular weight excluding hydrogens is 525 g/mol. The summed E-state index contributed by atoms with van der Waals surface area (Å²) in [6, 6.07) is 20.4. The average molecular weight is 549 g/mol. The van der Waals surface area contributed by atoms with Crippen molar-refractivity contribution in [1.29, 1.82) is 0 Å². The number of thiocarbonyl (C=S) groups is 1. The van der Waals surface area contributed by atoms with Crippen LogP contribution >= 0.6 is 47.0 Å². The first-order valence-electron chi connectivity index (χ1n) is 10.6. The number of carbonyl (C=O) groups is 1. The molecule has 0 aromatic heterocycles. The van der Waals surface area contributed by atoms with E-state index in [0.717, 1.165) is 28.1 Å². The maximum absolute atomic E-state index is 12.7. The van der Waals surface area contributed by atoms with E-state index in [1.54, 1.807) is 18.2 Å². The van der Waals surface area contributed by atoms with Crippen LogP contribution in [0.15, 0.2) is 77.0 Å². The number of hydrogen-bond donors (Lipinski definition) is 3. The summed E-state index contributed by atoms with van der Waals surface area (Å²) < 4.78 is -1.86. The highest BCUT2D eigenvalue weighted by atomic mass is 35.6. The van der Waals surface area contributed by atoms with Crippen molar-refractivity contribution in [3.8, 4) is 0 Å². The second-order valence-corrected chi connectivity index (χ2v) is 10.7. The van der Waals surface area contributed by atoms with Crippen LogP contribution in [0.2, 0.25) is 0 Å². The minimum absolute atomic E-state index is 0.170. The second-order valence-electron chi connectivity index (χ2n) is 7.90. The lowest BCUT2D eigenvalue weighted by atomic mass is 10.1. The predicted octanol–water partition coefficient (Wildman–Crippen LogP) is 7.44. The van der Waals surface area contributed by atoms with Gasteiger partial charge in [-0.1, -0.05) is 70.7 Å². The molecule has 3 aromatic carbocycles. The molecule has 0 spiro atoms. The van der Waals surface area contributed by atoms with Crippen molar-refractivity contribution >= 4 is 75.1 Å². The molecule has 35 heavy (non-hydrogen) atoms. The molecule has 3 rings (SSSR count). The molecule has 0 radical (unpaired) electrons. The summed E-state index contributed by atoms with van der Waals surface area (Å²) in [6.07, 6.45) is -1.08. The predicted molar refractivity (Wildman–Crippen MR) is 149 cm³/mol. The first kappa shape index (κ1) is 26.9. The largest absolute Gasteiger partial charge is 0.339 e. The Morgan fingerprint density at radius 1 is 0.886 bits per heavy atom. The quantitative estimate of drug-likeness (QED) is 0.129. The summed E-state index contributed by atoms with van der Waals surface area (Å²) in [5, 5.41) is 17.4. The van der Waals surface area contributed by atoms with E-state index in [0.29, 0.717) is 11.3 Å². The molecule has 0 bridgehead atoms. The number of aryl methyl sites for hydroxylation is 3. The second kappa shape index (κ2) is 11.8. The van der Waals surface area contributed by atoms with E-state index < -0.39 is 15.9 Å². The van der Waals surface area contributed by atoms with Gasteiger partial charge in [-0.2, -0.15) is 10.2 Å². The molecule has 0 aliphatic heterocycles. The minimum Gasteiger partial charge on any atom is -0.339 e. The van der Waals surface area contributed by atoms with E-state index in [1.165, 1.54) is 0 Å². The van der Waals surface area contributed by atoms with E-state index in [9.17, 15) is 4.79 Å². The molecule has 0 heterocycles. The summed E-state index contributed by atoms with van der Waals surface area (Å²) in [5.41, 5.74) is 5.53. The maximum Gasteiger partial charge on any atom is 0.252 e. The van der Waals surface area contributed by atoms with E-state index in [4.69, 9.17) is 47.0 Å². The third-order valence-corrected chi connectivity index (χ3v) is 5.88. The van der Waals surface area contributed by atoms with Gasteiger partial charge in [-0.25, -0.2) is 0 Å². The van der Waals surface area contributed by atoms with Crippen molar-refractivity contribution in [2.24, 2.45) is 10.2 Å². The molecule has 1 amide bonds. The van der Waals surface area contributed by atoms with Crippen LogP contribution in [0.25, 0.3) is 0 Å². The molecule has 3 aromatic rings. The van der Waals surface area contributed by atoms with Gasteiger partial charge in [-0.3, -0.25) is 4.79 Å². The number of hydrogen-bond acceptors (Lipinski definition) is 4. The molecule has 0 saturated carbocycles. The number of alkyl halides is 3. The van der Waals surface area contributed by atoms with Crippen LogP contribution in [0, 0.1) is 20.8 Å². The Morgan fingerprint density at radius 3 is 2.29 bits per heavy atom. The average Bonchev–Trinajstić information content (AvgIpc) is 2.79. The third kappa shape index (κ3) is 7.90.